The van der Waals surface area contributed by atoms with Gasteiger partial charge in [-0.25, -0.2) is 9.67 Å². The maximum atomic E-state index is 12.0. The molecule has 1 aliphatic heterocycles. The molecular weight excluding hydrogens is 252 g/mol. The molecule has 0 amide bonds. The highest BCUT2D eigenvalue weighted by Crippen LogP contribution is 2.12. The van der Waals surface area contributed by atoms with Gasteiger partial charge in [-0.2, -0.15) is 5.10 Å². The second-order valence-electron chi connectivity index (χ2n) is 4.98. The number of ketones is 1. The first kappa shape index (κ1) is 13.0. The van der Waals surface area contributed by atoms with Crippen molar-refractivity contribution in [3.63, 3.8) is 0 Å². The van der Waals surface area contributed by atoms with Crippen molar-refractivity contribution < 1.29 is 4.79 Å². The van der Waals surface area contributed by atoms with Crippen LogP contribution in [-0.2, 0) is 17.6 Å². The lowest BCUT2D eigenvalue weighted by atomic mass is 10.0. The summed E-state index contributed by atoms with van der Waals surface area (Å²) in [7, 11) is 0. The number of hydrogen-bond acceptors (Lipinski definition) is 4. The molecule has 5 nitrogen and oxygen atoms in total. The van der Waals surface area contributed by atoms with E-state index >= 15 is 0 Å². The van der Waals surface area contributed by atoms with Crippen molar-refractivity contribution >= 4 is 5.78 Å². The average Bonchev–Trinajstić information content (AvgIpc) is 2.80. The summed E-state index contributed by atoms with van der Waals surface area (Å²) in [4.78, 5) is 16.5. The van der Waals surface area contributed by atoms with Crippen molar-refractivity contribution in [1.82, 2.24) is 20.1 Å². The molecular formula is C15H18N4O. The monoisotopic (exact) mass is 270 g/mol. The minimum atomic E-state index is 0.00347. The van der Waals surface area contributed by atoms with Gasteiger partial charge in [-0.05, 0) is 25.1 Å². The summed E-state index contributed by atoms with van der Waals surface area (Å²) in [5.41, 5.74) is 0.984. The summed E-state index contributed by atoms with van der Waals surface area (Å²) in [5, 5.41) is 7.61. The molecule has 0 saturated carbocycles. The average molecular weight is 270 g/mol. The Bertz CT molecular complexity index is 602. The van der Waals surface area contributed by atoms with E-state index in [0.717, 1.165) is 30.9 Å². The minimum absolute atomic E-state index is 0.00347. The molecule has 0 unspecified atom stereocenters. The highest BCUT2D eigenvalue weighted by atomic mass is 16.1. The number of nitrogens with zero attached hydrogens (tertiary/aromatic N) is 3. The SMILES string of the molecule is CCc1nc(CC(=O)[C@@H]2CCN2)nn1-c1ccccc1. The van der Waals surface area contributed by atoms with Crippen molar-refractivity contribution in [2.75, 3.05) is 6.54 Å². The summed E-state index contributed by atoms with van der Waals surface area (Å²) >= 11 is 0. The van der Waals surface area contributed by atoms with Gasteiger partial charge in [0.15, 0.2) is 11.6 Å². The number of Topliss-reactive ketones (excluding diaryl/α,β-unsaturated/α-hetero) is 1. The number of para-hydroxylation sites is 1. The molecule has 1 aromatic heterocycles. The fourth-order valence-corrected chi connectivity index (χ4v) is 2.31. The number of aryl methyl sites for hydroxylation is 1. The van der Waals surface area contributed by atoms with E-state index < -0.39 is 0 Å². The van der Waals surface area contributed by atoms with Gasteiger partial charge < -0.3 is 5.32 Å². The number of carbonyl (C=O) groups is 1. The highest BCUT2D eigenvalue weighted by Gasteiger charge is 2.25. The zero-order chi connectivity index (χ0) is 13.9. The largest absolute Gasteiger partial charge is 0.307 e. The zero-order valence-corrected chi connectivity index (χ0v) is 11.5. The van der Waals surface area contributed by atoms with Gasteiger partial charge in [-0.15, -0.1) is 0 Å². The molecule has 1 fully saturated rings. The van der Waals surface area contributed by atoms with E-state index in [1.165, 1.54) is 0 Å². The third-order valence-corrected chi connectivity index (χ3v) is 3.58. The Balaban J connectivity index is 1.83. The second kappa shape index (κ2) is 5.54. The summed E-state index contributed by atoms with van der Waals surface area (Å²) in [6.45, 7) is 2.98. The highest BCUT2D eigenvalue weighted by molar-refractivity contribution is 5.86. The molecule has 104 valence electrons. The predicted octanol–water partition coefficient (Wildman–Crippen LogP) is 1.30. The smallest absolute Gasteiger partial charge is 0.158 e. The zero-order valence-electron chi connectivity index (χ0n) is 11.5. The molecule has 0 spiro atoms. The van der Waals surface area contributed by atoms with Crippen molar-refractivity contribution in [1.29, 1.82) is 0 Å². The fourth-order valence-electron chi connectivity index (χ4n) is 2.31. The van der Waals surface area contributed by atoms with Crippen LogP contribution in [0.25, 0.3) is 5.69 Å². The normalized spacial score (nSPS) is 17.8. The molecule has 5 heteroatoms. The van der Waals surface area contributed by atoms with Crippen LogP contribution in [0, 0.1) is 0 Å². The van der Waals surface area contributed by atoms with Gasteiger partial charge in [-0.1, -0.05) is 25.1 Å². The van der Waals surface area contributed by atoms with Gasteiger partial charge in [0.05, 0.1) is 18.2 Å². The van der Waals surface area contributed by atoms with Gasteiger partial charge in [0.25, 0.3) is 0 Å². The van der Waals surface area contributed by atoms with E-state index in [1.807, 2.05) is 41.9 Å². The third kappa shape index (κ3) is 2.49. The molecule has 1 saturated heterocycles. The van der Waals surface area contributed by atoms with Crippen LogP contribution in [0.4, 0.5) is 0 Å². The Morgan fingerprint density at radius 1 is 1.40 bits per heavy atom. The number of carbonyl (C=O) groups excluding carboxylic acids is 1. The Hall–Kier alpha value is -2.01. The summed E-state index contributed by atoms with van der Waals surface area (Å²) < 4.78 is 1.83. The summed E-state index contributed by atoms with van der Waals surface area (Å²) in [6.07, 6.45) is 2.03. The van der Waals surface area contributed by atoms with Gasteiger partial charge in [-0.3, -0.25) is 4.79 Å². The van der Waals surface area contributed by atoms with Crippen LogP contribution in [0.3, 0.4) is 0 Å². The lowest BCUT2D eigenvalue weighted by Gasteiger charge is -2.25. The van der Waals surface area contributed by atoms with E-state index in [1.54, 1.807) is 0 Å². The molecule has 1 aromatic carbocycles. The topological polar surface area (TPSA) is 59.8 Å². The van der Waals surface area contributed by atoms with Crippen LogP contribution >= 0.6 is 0 Å². The quantitative estimate of drug-likeness (QED) is 0.889. The van der Waals surface area contributed by atoms with Crippen LogP contribution in [0.2, 0.25) is 0 Å². The number of nitrogens with one attached hydrogen (secondary N) is 1. The number of hydrogen-bond donors (Lipinski definition) is 1. The summed E-state index contributed by atoms with van der Waals surface area (Å²) in [5.74, 6) is 1.69. The van der Waals surface area contributed by atoms with Crippen molar-refractivity contribution in [3.05, 3.63) is 42.0 Å². The maximum Gasteiger partial charge on any atom is 0.158 e. The van der Waals surface area contributed by atoms with E-state index in [4.69, 9.17) is 0 Å². The Morgan fingerprint density at radius 2 is 2.15 bits per heavy atom. The molecule has 1 N–H and O–H groups in total. The van der Waals surface area contributed by atoms with Crippen LogP contribution in [-0.4, -0.2) is 33.1 Å². The minimum Gasteiger partial charge on any atom is -0.307 e. The molecule has 20 heavy (non-hydrogen) atoms. The lowest BCUT2D eigenvalue weighted by molar-refractivity contribution is -0.122. The van der Waals surface area contributed by atoms with Crippen molar-refractivity contribution in [3.8, 4) is 5.69 Å². The van der Waals surface area contributed by atoms with Crippen LogP contribution < -0.4 is 5.32 Å². The fraction of sp³-hybridized carbons (Fsp3) is 0.400. The first-order chi connectivity index (χ1) is 9.78. The molecule has 3 rings (SSSR count). The molecule has 2 heterocycles. The molecule has 1 aliphatic rings. The summed E-state index contributed by atoms with van der Waals surface area (Å²) in [6, 6.07) is 9.90. The molecule has 2 aromatic rings. The van der Waals surface area contributed by atoms with E-state index in [2.05, 4.69) is 15.4 Å². The number of benzene rings is 1. The van der Waals surface area contributed by atoms with Gasteiger partial charge in [0.1, 0.15) is 5.82 Å². The molecule has 0 bridgehead atoms. The number of aromatic nitrogens is 3. The second-order valence-corrected chi connectivity index (χ2v) is 4.98. The standard InChI is InChI=1S/C15H18N4O/c1-2-15-17-14(10-13(20)12-8-9-16-12)18-19(15)11-6-4-3-5-7-11/h3-7,12,16H,2,8-10H2,1H3/t12-/m0/s1. The van der Waals surface area contributed by atoms with Crippen LogP contribution in [0.1, 0.15) is 25.0 Å². The Kier molecular flexibility index (Phi) is 3.60. The van der Waals surface area contributed by atoms with Crippen molar-refractivity contribution in [2.45, 2.75) is 32.2 Å². The Morgan fingerprint density at radius 3 is 2.75 bits per heavy atom. The molecule has 1 atom stereocenters. The van der Waals surface area contributed by atoms with E-state index in [-0.39, 0.29) is 11.8 Å². The van der Waals surface area contributed by atoms with E-state index in [0.29, 0.717) is 12.2 Å². The molecule has 0 aliphatic carbocycles. The van der Waals surface area contributed by atoms with Crippen molar-refractivity contribution in [2.24, 2.45) is 0 Å². The number of rotatable bonds is 5. The lowest BCUT2D eigenvalue weighted by Crippen LogP contribution is -2.49. The maximum absolute atomic E-state index is 12.0. The molecule has 0 radical (unpaired) electrons. The predicted molar refractivity (Wildman–Crippen MR) is 75.9 cm³/mol. The van der Waals surface area contributed by atoms with Gasteiger partial charge in [0.2, 0.25) is 0 Å². The van der Waals surface area contributed by atoms with Gasteiger partial charge >= 0.3 is 0 Å². The van der Waals surface area contributed by atoms with Gasteiger partial charge in [0, 0.05) is 6.42 Å². The van der Waals surface area contributed by atoms with Crippen LogP contribution in [0.5, 0.6) is 0 Å². The first-order valence-corrected chi connectivity index (χ1v) is 7.04. The van der Waals surface area contributed by atoms with E-state index in [9.17, 15) is 4.79 Å². The van der Waals surface area contributed by atoms with Crippen LogP contribution in [0.15, 0.2) is 30.3 Å². The first-order valence-electron chi connectivity index (χ1n) is 7.04. The third-order valence-electron chi connectivity index (χ3n) is 3.58. The Labute approximate surface area is 118 Å².